The van der Waals surface area contributed by atoms with Crippen LogP contribution in [-0.4, -0.2) is 19.2 Å². The van der Waals surface area contributed by atoms with Gasteiger partial charge in [-0.2, -0.15) is 0 Å². The van der Waals surface area contributed by atoms with Crippen molar-refractivity contribution >= 4 is 0 Å². The summed E-state index contributed by atoms with van der Waals surface area (Å²) in [5.74, 6) is 0.985. The molecular formula is C18H31NO. The summed E-state index contributed by atoms with van der Waals surface area (Å²) in [6, 6.07) is 9.10. The first-order valence-electron chi connectivity index (χ1n) is 7.86. The molecule has 114 valence electrons. The zero-order valence-electron chi connectivity index (χ0n) is 13.8. The SMILES string of the molecule is CC(C)NCCCCCOc1ccc(C(C)(C)C)cc1. The molecule has 0 saturated carbocycles. The smallest absolute Gasteiger partial charge is 0.119 e. The van der Waals surface area contributed by atoms with Crippen molar-refractivity contribution in [1.82, 2.24) is 5.32 Å². The van der Waals surface area contributed by atoms with Crippen molar-refractivity contribution in [3.05, 3.63) is 29.8 Å². The van der Waals surface area contributed by atoms with E-state index in [0.29, 0.717) is 6.04 Å². The summed E-state index contributed by atoms with van der Waals surface area (Å²) < 4.78 is 5.78. The number of hydrogen-bond donors (Lipinski definition) is 1. The van der Waals surface area contributed by atoms with Crippen LogP contribution in [0.1, 0.15) is 59.4 Å². The Morgan fingerprint density at radius 2 is 1.65 bits per heavy atom. The van der Waals surface area contributed by atoms with Crippen LogP contribution in [0.2, 0.25) is 0 Å². The second kappa shape index (κ2) is 8.31. The molecule has 1 rings (SSSR count). The van der Waals surface area contributed by atoms with Crippen molar-refractivity contribution in [2.75, 3.05) is 13.2 Å². The number of rotatable bonds is 8. The Morgan fingerprint density at radius 3 is 2.20 bits per heavy atom. The number of nitrogens with one attached hydrogen (secondary N) is 1. The number of hydrogen-bond acceptors (Lipinski definition) is 2. The van der Waals surface area contributed by atoms with Gasteiger partial charge in [-0.1, -0.05) is 46.8 Å². The van der Waals surface area contributed by atoms with Crippen LogP contribution >= 0.6 is 0 Å². The Morgan fingerprint density at radius 1 is 1.00 bits per heavy atom. The molecule has 0 bridgehead atoms. The minimum absolute atomic E-state index is 0.210. The molecule has 0 aliphatic rings. The third-order valence-corrected chi connectivity index (χ3v) is 3.36. The monoisotopic (exact) mass is 277 g/mol. The highest BCUT2D eigenvalue weighted by Crippen LogP contribution is 2.24. The van der Waals surface area contributed by atoms with Crippen molar-refractivity contribution in [2.45, 2.75) is 65.3 Å². The van der Waals surface area contributed by atoms with Crippen LogP contribution in [0.5, 0.6) is 5.75 Å². The van der Waals surface area contributed by atoms with Crippen LogP contribution in [0.4, 0.5) is 0 Å². The van der Waals surface area contributed by atoms with Gasteiger partial charge in [0.05, 0.1) is 6.61 Å². The van der Waals surface area contributed by atoms with Gasteiger partial charge in [-0.05, 0) is 48.9 Å². The average Bonchev–Trinajstić information content (AvgIpc) is 2.37. The maximum atomic E-state index is 5.78. The van der Waals surface area contributed by atoms with Gasteiger partial charge in [0.1, 0.15) is 5.75 Å². The molecule has 0 aliphatic carbocycles. The van der Waals surface area contributed by atoms with Crippen molar-refractivity contribution in [2.24, 2.45) is 0 Å². The summed E-state index contributed by atoms with van der Waals surface area (Å²) in [5, 5.41) is 3.43. The lowest BCUT2D eigenvalue weighted by Crippen LogP contribution is -2.23. The van der Waals surface area contributed by atoms with Gasteiger partial charge in [0.15, 0.2) is 0 Å². The zero-order valence-corrected chi connectivity index (χ0v) is 13.8. The van der Waals surface area contributed by atoms with Gasteiger partial charge in [-0.3, -0.25) is 0 Å². The molecule has 1 aromatic carbocycles. The van der Waals surface area contributed by atoms with E-state index in [2.05, 4.69) is 64.2 Å². The molecule has 0 radical (unpaired) electrons. The Bertz CT molecular complexity index is 362. The fourth-order valence-corrected chi connectivity index (χ4v) is 2.04. The highest BCUT2D eigenvalue weighted by molar-refractivity contribution is 5.31. The van der Waals surface area contributed by atoms with Gasteiger partial charge in [-0.15, -0.1) is 0 Å². The molecule has 2 nitrogen and oxygen atoms in total. The van der Waals surface area contributed by atoms with E-state index in [-0.39, 0.29) is 5.41 Å². The number of unbranched alkanes of at least 4 members (excludes halogenated alkanes) is 2. The summed E-state index contributed by atoms with van der Waals surface area (Å²) in [7, 11) is 0. The first-order valence-corrected chi connectivity index (χ1v) is 7.86. The molecule has 0 fully saturated rings. The predicted octanol–water partition coefficient (Wildman–Crippen LogP) is 4.53. The molecule has 0 spiro atoms. The second-order valence-electron chi connectivity index (χ2n) is 6.79. The topological polar surface area (TPSA) is 21.3 Å². The first kappa shape index (κ1) is 17.0. The quantitative estimate of drug-likeness (QED) is 0.705. The van der Waals surface area contributed by atoms with Crippen LogP contribution < -0.4 is 10.1 Å². The second-order valence-corrected chi connectivity index (χ2v) is 6.79. The van der Waals surface area contributed by atoms with Crippen LogP contribution in [0.15, 0.2) is 24.3 Å². The minimum Gasteiger partial charge on any atom is -0.494 e. The molecule has 0 aliphatic heterocycles. The first-order chi connectivity index (χ1) is 9.39. The zero-order chi connectivity index (χ0) is 15.0. The summed E-state index contributed by atoms with van der Waals surface area (Å²) >= 11 is 0. The summed E-state index contributed by atoms with van der Waals surface area (Å²) in [5.41, 5.74) is 1.56. The highest BCUT2D eigenvalue weighted by atomic mass is 16.5. The van der Waals surface area contributed by atoms with Crippen LogP contribution in [0.3, 0.4) is 0 Å². The molecule has 20 heavy (non-hydrogen) atoms. The van der Waals surface area contributed by atoms with E-state index in [0.717, 1.165) is 25.3 Å². The standard InChI is InChI=1S/C18H31NO/c1-15(2)19-13-7-6-8-14-20-17-11-9-16(10-12-17)18(3,4)5/h9-12,15,19H,6-8,13-14H2,1-5H3. The Kier molecular flexibility index (Phi) is 7.08. The fraction of sp³-hybridized carbons (Fsp3) is 0.667. The lowest BCUT2D eigenvalue weighted by atomic mass is 9.87. The van der Waals surface area contributed by atoms with E-state index >= 15 is 0 Å². The van der Waals surface area contributed by atoms with Crippen LogP contribution in [-0.2, 0) is 5.41 Å². The average molecular weight is 277 g/mol. The van der Waals surface area contributed by atoms with E-state index < -0.39 is 0 Å². The van der Waals surface area contributed by atoms with E-state index in [9.17, 15) is 0 Å². The molecule has 0 saturated heterocycles. The van der Waals surface area contributed by atoms with Gasteiger partial charge in [0, 0.05) is 6.04 Å². The molecule has 0 aromatic heterocycles. The van der Waals surface area contributed by atoms with Crippen molar-refractivity contribution < 1.29 is 4.74 Å². The molecule has 1 aromatic rings. The van der Waals surface area contributed by atoms with Crippen molar-refractivity contribution in [1.29, 1.82) is 0 Å². The maximum Gasteiger partial charge on any atom is 0.119 e. The summed E-state index contributed by atoms with van der Waals surface area (Å²) in [4.78, 5) is 0. The predicted molar refractivity (Wildman–Crippen MR) is 87.6 cm³/mol. The molecule has 0 heterocycles. The third kappa shape index (κ3) is 6.95. The molecule has 1 N–H and O–H groups in total. The van der Waals surface area contributed by atoms with E-state index in [1.165, 1.54) is 18.4 Å². The molecular weight excluding hydrogens is 246 g/mol. The largest absolute Gasteiger partial charge is 0.494 e. The molecule has 0 unspecified atom stereocenters. The molecule has 0 atom stereocenters. The number of benzene rings is 1. The van der Waals surface area contributed by atoms with Crippen molar-refractivity contribution in [3.63, 3.8) is 0 Å². The van der Waals surface area contributed by atoms with Crippen LogP contribution in [0, 0.1) is 0 Å². The van der Waals surface area contributed by atoms with E-state index in [1.807, 2.05) is 0 Å². The van der Waals surface area contributed by atoms with Gasteiger partial charge < -0.3 is 10.1 Å². The van der Waals surface area contributed by atoms with Gasteiger partial charge >= 0.3 is 0 Å². The van der Waals surface area contributed by atoms with Crippen molar-refractivity contribution in [3.8, 4) is 5.75 Å². The third-order valence-electron chi connectivity index (χ3n) is 3.36. The van der Waals surface area contributed by atoms with E-state index in [4.69, 9.17) is 4.74 Å². The normalized spacial score (nSPS) is 11.9. The fourth-order valence-electron chi connectivity index (χ4n) is 2.04. The maximum absolute atomic E-state index is 5.78. The molecule has 2 heteroatoms. The van der Waals surface area contributed by atoms with Gasteiger partial charge in [0.25, 0.3) is 0 Å². The van der Waals surface area contributed by atoms with Gasteiger partial charge in [-0.25, -0.2) is 0 Å². The van der Waals surface area contributed by atoms with Gasteiger partial charge in [0.2, 0.25) is 0 Å². The Hall–Kier alpha value is -1.02. The number of ether oxygens (including phenoxy) is 1. The minimum atomic E-state index is 0.210. The highest BCUT2D eigenvalue weighted by Gasteiger charge is 2.12. The Balaban J connectivity index is 2.16. The summed E-state index contributed by atoms with van der Waals surface area (Å²) in [6.45, 7) is 13.0. The summed E-state index contributed by atoms with van der Waals surface area (Å²) in [6.07, 6.45) is 3.57. The lowest BCUT2D eigenvalue weighted by molar-refractivity contribution is 0.304. The molecule has 0 amide bonds. The van der Waals surface area contributed by atoms with E-state index in [1.54, 1.807) is 0 Å². The lowest BCUT2D eigenvalue weighted by Gasteiger charge is -2.19. The van der Waals surface area contributed by atoms with Crippen LogP contribution in [0.25, 0.3) is 0 Å². The Labute approximate surface area is 124 Å².